The fraction of sp³-hybridized carbons (Fsp3) is 0.125. The van der Waals surface area contributed by atoms with Crippen LogP contribution in [0.3, 0.4) is 0 Å². The van der Waals surface area contributed by atoms with Crippen molar-refractivity contribution in [3.63, 3.8) is 0 Å². The molecule has 126 valence electrons. The van der Waals surface area contributed by atoms with Crippen molar-refractivity contribution < 1.29 is 32.6 Å². The number of hydrogen-bond donors (Lipinski definition) is 2. The molecule has 0 unspecified atom stereocenters. The highest BCUT2D eigenvalue weighted by Gasteiger charge is 2.30. The molecule has 24 heavy (non-hydrogen) atoms. The SMILES string of the molecule is O=C(O)Cc1ccccc1C(=O)Nc1ccc(OC(F)(F)F)cc1. The number of nitrogens with one attached hydrogen (secondary N) is 1. The van der Waals surface area contributed by atoms with Crippen LogP contribution in [-0.4, -0.2) is 23.3 Å². The van der Waals surface area contributed by atoms with Crippen molar-refractivity contribution in [1.82, 2.24) is 0 Å². The van der Waals surface area contributed by atoms with Crippen LogP contribution >= 0.6 is 0 Å². The Morgan fingerprint density at radius 1 is 1.04 bits per heavy atom. The zero-order chi connectivity index (χ0) is 17.7. The fourth-order valence-electron chi connectivity index (χ4n) is 2.00. The van der Waals surface area contributed by atoms with Crippen LogP contribution in [0.1, 0.15) is 15.9 Å². The minimum Gasteiger partial charge on any atom is -0.481 e. The molecule has 5 nitrogen and oxygen atoms in total. The van der Waals surface area contributed by atoms with E-state index in [0.29, 0.717) is 5.56 Å². The van der Waals surface area contributed by atoms with E-state index in [1.807, 2.05) is 0 Å². The molecule has 0 fully saturated rings. The van der Waals surface area contributed by atoms with Gasteiger partial charge in [0, 0.05) is 11.3 Å². The molecule has 2 aromatic rings. The Hall–Kier alpha value is -3.03. The second kappa shape index (κ2) is 7.03. The van der Waals surface area contributed by atoms with Gasteiger partial charge < -0.3 is 15.2 Å². The Morgan fingerprint density at radius 2 is 1.67 bits per heavy atom. The molecule has 0 atom stereocenters. The third kappa shape index (κ3) is 5.01. The third-order valence-electron chi connectivity index (χ3n) is 2.95. The van der Waals surface area contributed by atoms with Gasteiger partial charge in [0.05, 0.1) is 6.42 Å². The summed E-state index contributed by atoms with van der Waals surface area (Å²) < 4.78 is 40.0. The number of benzene rings is 2. The summed E-state index contributed by atoms with van der Waals surface area (Å²) in [5, 5.41) is 11.3. The van der Waals surface area contributed by atoms with E-state index in [1.54, 1.807) is 12.1 Å². The van der Waals surface area contributed by atoms with Crippen LogP contribution in [0.15, 0.2) is 48.5 Å². The van der Waals surface area contributed by atoms with Gasteiger partial charge in [-0.1, -0.05) is 18.2 Å². The van der Waals surface area contributed by atoms with Crippen LogP contribution in [-0.2, 0) is 11.2 Å². The standard InChI is InChI=1S/C16H12F3NO4/c17-16(18,19)24-12-7-5-11(6-8-12)20-15(23)13-4-2-1-3-10(13)9-14(21)22/h1-8H,9H2,(H,20,23)(H,21,22). The number of carboxylic acid groups (broad SMARTS) is 1. The van der Waals surface area contributed by atoms with Gasteiger partial charge in [-0.15, -0.1) is 13.2 Å². The van der Waals surface area contributed by atoms with Gasteiger partial charge in [-0.25, -0.2) is 0 Å². The van der Waals surface area contributed by atoms with Crippen LogP contribution in [0, 0.1) is 0 Å². The Kier molecular flexibility index (Phi) is 5.08. The summed E-state index contributed by atoms with van der Waals surface area (Å²) in [6.07, 6.45) is -5.11. The van der Waals surface area contributed by atoms with E-state index in [2.05, 4.69) is 10.1 Å². The van der Waals surface area contributed by atoms with Gasteiger partial charge in [-0.3, -0.25) is 9.59 Å². The number of rotatable bonds is 5. The van der Waals surface area contributed by atoms with Crippen LogP contribution in [0.25, 0.3) is 0 Å². The first-order valence-corrected chi connectivity index (χ1v) is 6.71. The normalized spacial score (nSPS) is 11.0. The maximum atomic E-state index is 12.2. The van der Waals surface area contributed by atoms with Gasteiger partial charge in [0.15, 0.2) is 0 Å². The Balaban J connectivity index is 2.11. The van der Waals surface area contributed by atoms with Gasteiger partial charge >= 0.3 is 12.3 Å². The van der Waals surface area contributed by atoms with Crippen molar-refractivity contribution in [2.24, 2.45) is 0 Å². The number of alkyl halides is 3. The first kappa shape index (κ1) is 17.3. The molecular weight excluding hydrogens is 327 g/mol. The first-order valence-electron chi connectivity index (χ1n) is 6.71. The summed E-state index contributed by atoms with van der Waals surface area (Å²) in [6, 6.07) is 10.8. The molecule has 8 heteroatoms. The second-order valence-electron chi connectivity index (χ2n) is 4.75. The molecule has 0 heterocycles. The summed E-state index contributed by atoms with van der Waals surface area (Å²) >= 11 is 0. The molecule has 0 aliphatic heterocycles. The van der Waals surface area contributed by atoms with E-state index in [1.165, 1.54) is 24.3 Å². The number of carboxylic acids is 1. The summed E-state index contributed by atoms with van der Waals surface area (Å²) in [4.78, 5) is 23.0. The lowest BCUT2D eigenvalue weighted by molar-refractivity contribution is -0.274. The molecule has 0 bridgehead atoms. The molecule has 2 rings (SSSR count). The Bertz CT molecular complexity index is 742. The molecular formula is C16H12F3NO4. The van der Waals surface area contributed by atoms with Crippen molar-refractivity contribution in [3.8, 4) is 5.75 Å². The molecule has 0 aromatic heterocycles. The molecule has 0 radical (unpaired) electrons. The van der Waals surface area contributed by atoms with E-state index in [4.69, 9.17) is 5.11 Å². The number of anilines is 1. The lowest BCUT2D eigenvalue weighted by atomic mass is 10.0. The highest BCUT2D eigenvalue weighted by molar-refractivity contribution is 6.05. The van der Waals surface area contributed by atoms with Crippen molar-refractivity contribution in [2.45, 2.75) is 12.8 Å². The van der Waals surface area contributed by atoms with Crippen molar-refractivity contribution in [2.75, 3.05) is 5.32 Å². The Morgan fingerprint density at radius 3 is 2.25 bits per heavy atom. The maximum Gasteiger partial charge on any atom is 0.573 e. The molecule has 1 amide bonds. The smallest absolute Gasteiger partial charge is 0.481 e. The molecule has 0 aliphatic carbocycles. The lowest BCUT2D eigenvalue weighted by Gasteiger charge is -2.11. The summed E-state index contributed by atoms with van der Waals surface area (Å²) in [5.41, 5.74) is 0.759. The second-order valence-corrected chi connectivity index (χ2v) is 4.75. The van der Waals surface area contributed by atoms with Crippen molar-refractivity contribution in [1.29, 1.82) is 0 Å². The average Bonchev–Trinajstić information content (AvgIpc) is 2.47. The maximum absolute atomic E-state index is 12.2. The number of halogens is 3. The van der Waals surface area contributed by atoms with Crippen LogP contribution in [0.4, 0.5) is 18.9 Å². The molecule has 0 aliphatic rings. The number of amides is 1. The summed E-state index contributed by atoms with van der Waals surface area (Å²) in [7, 11) is 0. The zero-order valence-corrected chi connectivity index (χ0v) is 12.1. The van der Waals surface area contributed by atoms with E-state index in [-0.39, 0.29) is 17.7 Å². The fourth-order valence-corrected chi connectivity index (χ4v) is 2.00. The monoisotopic (exact) mass is 339 g/mol. The molecule has 0 saturated heterocycles. The first-order chi connectivity index (χ1) is 11.2. The number of aliphatic carboxylic acids is 1. The molecule has 2 N–H and O–H groups in total. The molecule has 2 aromatic carbocycles. The topological polar surface area (TPSA) is 75.6 Å². The predicted molar refractivity (Wildman–Crippen MR) is 78.9 cm³/mol. The van der Waals surface area contributed by atoms with Crippen molar-refractivity contribution in [3.05, 3.63) is 59.7 Å². The van der Waals surface area contributed by atoms with E-state index < -0.39 is 24.0 Å². The Labute approximate surface area is 134 Å². The van der Waals surface area contributed by atoms with Crippen molar-refractivity contribution >= 4 is 17.6 Å². The number of hydrogen-bond acceptors (Lipinski definition) is 3. The van der Waals surface area contributed by atoms with E-state index >= 15 is 0 Å². The zero-order valence-electron chi connectivity index (χ0n) is 12.1. The molecule has 0 spiro atoms. The minimum atomic E-state index is -4.79. The minimum absolute atomic E-state index is 0.176. The van der Waals surface area contributed by atoms with Gasteiger partial charge in [-0.05, 0) is 35.9 Å². The quantitative estimate of drug-likeness (QED) is 0.875. The third-order valence-corrected chi connectivity index (χ3v) is 2.95. The van der Waals surface area contributed by atoms with E-state index in [9.17, 15) is 22.8 Å². The van der Waals surface area contributed by atoms with Gasteiger partial charge in [0.1, 0.15) is 5.75 Å². The van der Waals surface area contributed by atoms with E-state index in [0.717, 1.165) is 12.1 Å². The summed E-state index contributed by atoms with van der Waals surface area (Å²) in [6.45, 7) is 0. The highest BCUT2D eigenvalue weighted by Crippen LogP contribution is 2.24. The number of carbonyl (C=O) groups is 2. The van der Waals surface area contributed by atoms with Crippen LogP contribution in [0.5, 0.6) is 5.75 Å². The number of ether oxygens (including phenoxy) is 1. The summed E-state index contributed by atoms with van der Waals surface area (Å²) in [5.74, 6) is -2.05. The highest BCUT2D eigenvalue weighted by atomic mass is 19.4. The van der Waals surface area contributed by atoms with Crippen LogP contribution < -0.4 is 10.1 Å². The largest absolute Gasteiger partial charge is 0.573 e. The lowest BCUT2D eigenvalue weighted by Crippen LogP contribution is -2.17. The number of carbonyl (C=O) groups excluding carboxylic acids is 1. The van der Waals surface area contributed by atoms with Crippen LogP contribution in [0.2, 0.25) is 0 Å². The average molecular weight is 339 g/mol. The van der Waals surface area contributed by atoms with Gasteiger partial charge in [-0.2, -0.15) is 0 Å². The van der Waals surface area contributed by atoms with Gasteiger partial charge in [0.25, 0.3) is 5.91 Å². The molecule has 0 saturated carbocycles. The van der Waals surface area contributed by atoms with Gasteiger partial charge in [0.2, 0.25) is 0 Å². The predicted octanol–water partition coefficient (Wildman–Crippen LogP) is 3.46.